The summed E-state index contributed by atoms with van der Waals surface area (Å²) in [4.78, 5) is 16.0. The maximum atomic E-state index is 11.6. The topological polar surface area (TPSA) is 52.8 Å². The molecule has 0 amide bonds. The fraction of sp³-hybridized carbons (Fsp3) is 0.100. The number of carbonyl (C=O) groups is 1. The van der Waals surface area contributed by atoms with Crippen molar-refractivity contribution in [3.63, 3.8) is 0 Å². The second-order valence-corrected chi connectivity index (χ2v) is 5.82. The van der Waals surface area contributed by atoms with Crippen LogP contribution in [0.5, 0.6) is 5.75 Å². The summed E-state index contributed by atoms with van der Waals surface area (Å²) >= 11 is 6.13. The Bertz CT molecular complexity index is 946. The molecule has 0 atom stereocenters. The maximum Gasteiger partial charge on any atom is 0.339 e. The molecule has 0 aliphatic carbocycles. The van der Waals surface area contributed by atoms with Gasteiger partial charge in [-0.1, -0.05) is 11.6 Å². The number of hydrogen-bond acceptors (Lipinski definition) is 4. The second kappa shape index (κ2) is 7.89. The van der Waals surface area contributed by atoms with E-state index in [1.54, 1.807) is 31.5 Å². The van der Waals surface area contributed by atoms with Crippen LogP contribution in [0.1, 0.15) is 16.1 Å². The number of halogens is 1. The van der Waals surface area contributed by atoms with Crippen molar-refractivity contribution in [1.29, 1.82) is 0 Å². The molecule has 6 heteroatoms. The number of esters is 1. The van der Waals surface area contributed by atoms with E-state index in [0.717, 1.165) is 17.1 Å². The lowest BCUT2D eigenvalue weighted by molar-refractivity contribution is 0.0601. The smallest absolute Gasteiger partial charge is 0.339 e. The zero-order chi connectivity index (χ0) is 18.5. The van der Waals surface area contributed by atoms with E-state index in [4.69, 9.17) is 16.3 Å². The number of nitrogens with zero attached hydrogens (tertiary/aromatic N) is 2. The van der Waals surface area contributed by atoms with Gasteiger partial charge in [-0.15, -0.1) is 0 Å². The van der Waals surface area contributed by atoms with Crippen LogP contribution in [-0.4, -0.2) is 31.0 Å². The van der Waals surface area contributed by atoms with Crippen molar-refractivity contribution >= 4 is 29.5 Å². The first-order valence-electron chi connectivity index (χ1n) is 7.86. The molecule has 0 saturated carbocycles. The van der Waals surface area contributed by atoms with E-state index in [9.17, 15) is 4.79 Å². The minimum Gasteiger partial charge on any atom is -0.497 e. The molecule has 0 aliphatic heterocycles. The van der Waals surface area contributed by atoms with E-state index >= 15 is 0 Å². The van der Waals surface area contributed by atoms with Crippen LogP contribution in [0.3, 0.4) is 0 Å². The Morgan fingerprint density at radius 3 is 2.54 bits per heavy atom. The largest absolute Gasteiger partial charge is 0.497 e. The van der Waals surface area contributed by atoms with Crippen LogP contribution >= 0.6 is 11.6 Å². The van der Waals surface area contributed by atoms with Crippen LogP contribution in [0, 0.1) is 0 Å². The summed E-state index contributed by atoms with van der Waals surface area (Å²) in [5.41, 5.74) is 2.86. The second-order valence-electron chi connectivity index (χ2n) is 5.42. The highest BCUT2D eigenvalue weighted by atomic mass is 35.5. The number of aromatic nitrogens is 1. The molecule has 3 aromatic rings. The third kappa shape index (κ3) is 3.78. The number of methoxy groups -OCH3 is 2. The third-order valence-corrected chi connectivity index (χ3v) is 4.15. The molecule has 5 nitrogen and oxygen atoms in total. The van der Waals surface area contributed by atoms with Gasteiger partial charge in [-0.05, 0) is 54.6 Å². The van der Waals surface area contributed by atoms with Crippen LogP contribution < -0.4 is 4.74 Å². The van der Waals surface area contributed by atoms with Crippen molar-refractivity contribution in [1.82, 2.24) is 4.57 Å². The van der Waals surface area contributed by atoms with Gasteiger partial charge >= 0.3 is 5.97 Å². The van der Waals surface area contributed by atoms with Gasteiger partial charge in [-0.2, -0.15) is 0 Å². The Hall–Kier alpha value is -3.05. The highest BCUT2D eigenvalue weighted by molar-refractivity contribution is 6.33. The van der Waals surface area contributed by atoms with Crippen LogP contribution in [0.2, 0.25) is 5.02 Å². The lowest BCUT2D eigenvalue weighted by atomic mass is 10.2. The summed E-state index contributed by atoms with van der Waals surface area (Å²) in [6, 6.07) is 16.6. The molecule has 0 fully saturated rings. The van der Waals surface area contributed by atoms with Crippen molar-refractivity contribution in [2.45, 2.75) is 0 Å². The summed E-state index contributed by atoms with van der Waals surface area (Å²) in [7, 11) is 2.96. The van der Waals surface area contributed by atoms with Gasteiger partial charge in [0.15, 0.2) is 0 Å². The van der Waals surface area contributed by atoms with Crippen LogP contribution in [-0.2, 0) is 4.74 Å². The lowest BCUT2D eigenvalue weighted by Gasteiger charge is -2.07. The van der Waals surface area contributed by atoms with Crippen molar-refractivity contribution in [3.8, 4) is 11.4 Å². The lowest BCUT2D eigenvalue weighted by Crippen LogP contribution is -2.01. The first-order chi connectivity index (χ1) is 12.6. The van der Waals surface area contributed by atoms with Gasteiger partial charge in [0.05, 0.1) is 42.4 Å². The molecule has 0 N–H and O–H groups in total. The standard InChI is InChI=1S/C20H17ClN2O3/c1-25-17-8-6-15(7-9-17)23-11-3-4-16(23)13-22-14-5-10-18(19(21)12-14)20(24)26-2/h3-13H,1-2H3. The predicted molar refractivity (Wildman–Crippen MR) is 102 cm³/mol. The monoisotopic (exact) mass is 368 g/mol. The molecular formula is C20H17ClN2O3. The molecule has 1 aromatic heterocycles. The number of benzene rings is 2. The molecule has 26 heavy (non-hydrogen) atoms. The van der Waals surface area contributed by atoms with Gasteiger partial charge in [-0.3, -0.25) is 4.99 Å². The molecule has 0 unspecified atom stereocenters. The van der Waals surface area contributed by atoms with Crippen LogP contribution in [0.15, 0.2) is 65.8 Å². The van der Waals surface area contributed by atoms with Gasteiger partial charge < -0.3 is 14.0 Å². The van der Waals surface area contributed by atoms with Crippen molar-refractivity contribution in [2.24, 2.45) is 4.99 Å². The van der Waals surface area contributed by atoms with Gasteiger partial charge in [0.1, 0.15) is 5.75 Å². The average molecular weight is 369 g/mol. The van der Waals surface area contributed by atoms with Crippen molar-refractivity contribution in [3.05, 3.63) is 77.1 Å². The van der Waals surface area contributed by atoms with Crippen LogP contribution in [0.4, 0.5) is 5.69 Å². The van der Waals surface area contributed by atoms with E-state index < -0.39 is 5.97 Å². The quantitative estimate of drug-likeness (QED) is 0.485. The fourth-order valence-corrected chi connectivity index (χ4v) is 2.73. The van der Waals surface area contributed by atoms with Gasteiger partial charge in [0.25, 0.3) is 0 Å². The van der Waals surface area contributed by atoms with Gasteiger partial charge in [0.2, 0.25) is 0 Å². The Labute approximate surface area is 156 Å². The normalized spacial score (nSPS) is 10.9. The molecule has 0 bridgehead atoms. The SMILES string of the molecule is COC(=O)c1ccc(N=Cc2cccn2-c2ccc(OC)cc2)cc1Cl. The summed E-state index contributed by atoms with van der Waals surface area (Å²) in [6.07, 6.45) is 3.70. The van der Waals surface area contributed by atoms with Crippen LogP contribution in [0.25, 0.3) is 5.69 Å². The van der Waals surface area contributed by atoms with Gasteiger partial charge in [0, 0.05) is 11.9 Å². The zero-order valence-electron chi connectivity index (χ0n) is 14.3. The number of carbonyl (C=O) groups excluding carboxylic acids is 1. The molecule has 0 saturated heterocycles. The first-order valence-corrected chi connectivity index (χ1v) is 8.24. The molecule has 0 radical (unpaired) electrons. The summed E-state index contributed by atoms with van der Waals surface area (Å²) in [5, 5.41) is 0.303. The third-order valence-electron chi connectivity index (χ3n) is 3.83. The van der Waals surface area contributed by atoms with E-state index in [1.807, 2.05) is 47.2 Å². The first kappa shape index (κ1) is 17.8. The predicted octanol–water partition coefficient (Wildman–Crippen LogP) is 4.68. The average Bonchev–Trinajstić information content (AvgIpc) is 3.14. The summed E-state index contributed by atoms with van der Waals surface area (Å²) in [6.45, 7) is 0. The number of aliphatic imine (C=N–C) groups is 1. The summed E-state index contributed by atoms with van der Waals surface area (Å²) < 4.78 is 11.9. The minimum absolute atomic E-state index is 0.303. The molecule has 1 heterocycles. The molecule has 3 rings (SSSR count). The van der Waals surface area contributed by atoms with Crippen molar-refractivity contribution in [2.75, 3.05) is 14.2 Å². The number of ether oxygens (including phenoxy) is 2. The van der Waals surface area contributed by atoms with E-state index in [-0.39, 0.29) is 0 Å². The van der Waals surface area contributed by atoms with E-state index in [1.165, 1.54) is 7.11 Å². The molecular weight excluding hydrogens is 352 g/mol. The Morgan fingerprint density at radius 1 is 1.12 bits per heavy atom. The Morgan fingerprint density at radius 2 is 1.88 bits per heavy atom. The highest BCUT2D eigenvalue weighted by Gasteiger charge is 2.10. The van der Waals surface area contributed by atoms with Crippen molar-refractivity contribution < 1.29 is 14.3 Å². The molecule has 2 aromatic carbocycles. The molecule has 0 aliphatic rings. The minimum atomic E-state index is -0.473. The Kier molecular flexibility index (Phi) is 5.39. The van der Waals surface area contributed by atoms with Gasteiger partial charge in [-0.25, -0.2) is 4.79 Å². The molecule has 132 valence electrons. The molecule has 0 spiro atoms. The number of rotatable bonds is 5. The number of hydrogen-bond donors (Lipinski definition) is 0. The summed E-state index contributed by atoms with van der Waals surface area (Å²) in [5.74, 6) is 0.329. The highest BCUT2D eigenvalue weighted by Crippen LogP contribution is 2.24. The fourth-order valence-electron chi connectivity index (χ4n) is 2.48. The maximum absolute atomic E-state index is 11.6. The Balaban J connectivity index is 1.84. The van der Waals surface area contributed by atoms with E-state index in [2.05, 4.69) is 9.73 Å². The van der Waals surface area contributed by atoms with E-state index in [0.29, 0.717) is 16.3 Å². The zero-order valence-corrected chi connectivity index (χ0v) is 15.1.